The van der Waals surface area contributed by atoms with Crippen LogP contribution in [0.4, 0.5) is 0 Å². The zero-order valence-electron chi connectivity index (χ0n) is 11.6. The Hall–Kier alpha value is -1.10. The first-order valence-corrected chi connectivity index (χ1v) is 6.73. The number of nitrogens with one attached hydrogen (secondary N) is 2. The fourth-order valence-electron chi connectivity index (χ4n) is 1.51. The molecule has 0 aliphatic carbocycles. The van der Waals surface area contributed by atoms with Gasteiger partial charge < -0.3 is 15.4 Å². The van der Waals surface area contributed by atoms with Crippen molar-refractivity contribution in [2.45, 2.75) is 45.4 Å². The number of rotatable bonds is 11. The molecule has 0 bridgehead atoms. The van der Waals surface area contributed by atoms with Crippen molar-refractivity contribution in [2.75, 3.05) is 26.8 Å². The second kappa shape index (κ2) is 12.4. The van der Waals surface area contributed by atoms with Crippen LogP contribution in [-0.4, -0.2) is 38.6 Å². The van der Waals surface area contributed by atoms with E-state index in [-0.39, 0.29) is 18.4 Å². The minimum atomic E-state index is -0.0962. The molecule has 0 aromatic carbocycles. The Kier molecular flexibility index (Phi) is 11.6. The summed E-state index contributed by atoms with van der Waals surface area (Å²) in [5, 5.41) is 5.62. The van der Waals surface area contributed by atoms with Gasteiger partial charge in [0, 0.05) is 26.6 Å². The molecule has 0 fully saturated rings. The van der Waals surface area contributed by atoms with Crippen molar-refractivity contribution < 1.29 is 14.3 Å². The molecule has 0 saturated carbocycles. The number of carbonyl (C=O) groups is 2. The Bertz CT molecular complexity index is 232. The molecule has 0 aromatic heterocycles. The van der Waals surface area contributed by atoms with Crippen molar-refractivity contribution in [1.82, 2.24) is 10.6 Å². The minimum Gasteiger partial charge on any atom is -0.375 e. The van der Waals surface area contributed by atoms with Crippen LogP contribution in [0.15, 0.2) is 0 Å². The van der Waals surface area contributed by atoms with Crippen molar-refractivity contribution in [3.8, 4) is 0 Å². The Morgan fingerprint density at radius 3 is 2.11 bits per heavy atom. The normalized spacial score (nSPS) is 10.1. The molecule has 0 spiro atoms. The van der Waals surface area contributed by atoms with Crippen LogP contribution in [0.25, 0.3) is 0 Å². The van der Waals surface area contributed by atoms with Gasteiger partial charge in [0.15, 0.2) is 0 Å². The van der Waals surface area contributed by atoms with E-state index in [1.165, 1.54) is 7.11 Å². The van der Waals surface area contributed by atoms with Crippen LogP contribution in [0.5, 0.6) is 0 Å². The lowest BCUT2D eigenvalue weighted by Crippen LogP contribution is -2.29. The van der Waals surface area contributed by atoms with Gasteiger partial charge in [-0.1, -0.05) is 19.8 Å². The topological polar surface area (TPSA) is 67.4 Å². The van der Waals surface area contributed by atoms with E-state index >= 15 is 0 Å². The monoisotopic (exact) mass is 258 g/mol. The highest BCUT2D eigenvalue weighted by Gasteiger charge is 2.00. The number of carbonyl (C=O) groups excluding carboxylic acids is 2. The first-order valence-electron chi connectivity index (χ1n) is 6.73. The fraction of sp³-hybridized carbons (Fsp3) is 0.846. The highest BCUT2D eigenvalue weighted by molar-refractivity contribution is 5.77. The number of ether oxygens (including phenoxy) is 1. The lowest BCUT2D eigenvalue weighted by atomic mass is 10.2. The maximum atomic E-state index is 11.3. The molecule has 2 N–H and O–H groups in total. The predicted octanol–water partition coefficient (Wildman–Crippen LogP) is 1.23. The molecule has 0 unspecified atom stereocenters. The van der Waals surface area contributed by atoms with Crippen molar-refractivity contribution in [3.05, 3.63) is 0 Å². The van der Waals surface area contributed by atoms with Gasteiger partial charge in [-0.05, 0) is 19.3 Å². The van der Waals surface area contributed by atoms with E-state index in [2.05, 4.69) is 17.6 Å². The summed E-state index contributed by atoms with van der Waals surface area (Å²) in [7, 11) is 1.49. The molecule has 0 atom stereocenters. The summed E-state index contributed by atoms with van der Waals surface area (Å²) in [6.45, 7) is 3.54. The Labute approximate surface area is 110 Å². The van der Waals surface area contributed by atoms with Gasteiger partial charge in [-0.3, -0.25) is 9.59 Å². The van der Waals surface area contributed by atoms with E-state index < -0.39 is 0 Å². The summed E-state index contributed by atoms with van der Waals surface area (Å²) in [5.74, 6) is 0.0352. The zero-order valence-corrected chi connectivity index (χ0v) is 11.6. The molecule has 5 nitrogen and oxygen atoms in total. The zero-order chi connectivity index (χ0) is 13.6. The van der Waals surface area contributed by atoms with Gasteiger partial charge >= 0.3 is 0 Å². The molecule has 0 heterocycles. The van der Waals surface area contributed by atoms with Crippen LogP contribution in [0.1, 0.15) is 45.4 Å². The average Bonchev–Trinajstić information content (AvgIpc) is 2.34. The lowest BCUT2D eigenvalue weighted by Gasteiger charge is -2.06. The van der Waals surface area contributed by atoms with E-state index in [4.69, 9.17) is 4.74 Å². The molecule has 0 radical (unpaired) electrons. The van der Waals surface area contributed by atoms with Crippen molar-refractivity contribution in [1.29, 1.82) is 0 Å². The van der Waals surface area contributed by atoms with E-state index in [0.29, 0.717) is 19.5 Å². The van der Waals surface area contributed by atoms with E-state index in [1.807, 2.05) is 0 Å². The molecule has 0 aliphatic rings. The Morgan fingerprint density at radius 2 is 1.56 bits per heavy atom. The maximum Gasteiger partial charge on any atom is 0.245 e. The molecule has 0 aromatic rings. The molecular weight excluding hydrogens is 232 g/mol. The molecule has 0 aliphatic heterocycles. The van der Waals surface area contributed by atoms with Gasteiger partial charge in [0.1, 0.15) is 6.61 Å². The quantitative estimate of drug-likeness (QED) is 0.548. The molecule has 0 saturated heterocycles. The summed E-state index contributed by atoms with van der Waals surface area (Å²) in [4.78, 5) is 22.4. The van der Waals surface area contributed by atoms with Crippen LogP contribution >= 0.6 is 0 Å². The first-order chi connectivity index (χ1) is 8.70. The second-order valence-electron chi connectivity index (χ2n) is 4.30. The fourth-order valence-corrected chi connectivity index (χ4v) is 1.51. The third-order valence-electron chi connectivity index (χ3n) is 2.53. The third-order valence-corrected chi connectivity index (χ3v) is 2.53. The number of hydrogen-bond acceptors (Lipinski definition) is 3. The van der Waals surface area contributed by atoms with Gasteiger partial charge in [-0.2, -0.15) is 0 Å². The van der Waals surface area contributed by atoms with E-state index in [9.17, 15) is 9.59 Å². The summed E-state index contributed by atoms with van der Waals surface area (Å²) in [6, 6.07) is 0. The minimum absolute atomic E-state index is 0.0962. The van der Waals surface area contributed by atoms with Crippen LogP contribution in [-0.2, 0) is 14.3 Å². The molecule has 18 heavy (non-hydrogen) atoms. The van der Waals surface area contributed by atoms with Crippen molar-refractivity contribution in [2.24, 2.45) is 0 Å². The molecule has 2 amide bonds. The third kappa shape index (κ3) is 11.4. The summed E-state index contributed by atoms with van der Waals surface area (Å²) in [5.41, 5.74) is 0. The highest BCUT2D eigenvalue weighted by Crippen LogP contribution is 1.98. The van der Waals surface area contributed by atoms with E-state index in [1.54, 1.807) is 0 Å². The number of amides is 2. The van der Waals surface area contributed by atoms with Gasteiger partial charge in [-0.25, -0.2) is 0 Å². The number of hydrogen-bond donors (Lipinski definition) is 2. The predicted molar refractivity (Wildman–Crippen MR) is 71.3 cm³/mol. The standard InChI is InChI=1S/C13H26N2O3/c1-3-4-5-8-12(16)14-9-6-7-10-15-13(17)11-18-2/h3-11H2,1-2H3,(H,14,16)(H,15,17). The summed E-state index contributed by atoms with van der Waals surface area (Å²) < 4.78 is 4.69. The smallest absolute Gasteiger partial charge is 0.245 e. The Morgan fingerprint density at radius 1 is 0.944 bits per heavy atom. The summed E-state index contributed by atoms with van der Waals surface area (Å²) >= 11 is 0. The molecule has 5 heteroatoms. The van der Waals surface area contributed by atoms with Crippen molar-refractivity contribution >= 4 is 11.8 Å². The summed E-state index contributed by atoms with van der Waals surface area (Å²) in [6.07, 6.45) is 5.58. The number of methoxy groups -OCH3 is 1. The maximum absolute atomic E-state index is 11.3. The van der Waals surface area contributed by atoms with Gasteiger partial charge in [0.05, 0.1) is 0 Å². The van der Waals surface area contributed by atoms with Crippen LogP contribution in [0.2, 0.25) is 0 Å². The largest absolute Gasteiger partial charge is 0.375 e. The molecule has 106 valence electrons. The Balaban J connectivity index is 3.24. The first kappa shape index (κ1) is 16.9. The van der Waals surface area contributed by atoms with Gasteiger partial charge in [0.2, 0.25) is 11.8 Å². The van der Waals surface area contributed by atoms with Crippen molar-refractivity contribution in [3.63, 3.8) is 0 Å². The number of unbranched alkanes of at least 4 members (excludes halogenated alkanes) is 3. The second-order valence-corrected chi connectivity index (χ2v) is 4.30. The molecule has 0 rings (SSSR count). The van der Waals surface area contributed by atoms with Gasteiger partial charge in [-0.15, -0.1) is 0 Å². The highest BCUT2D eigenvalue weighted by atomic mass is 16.5. The molecular formula is C13H26N2O3. The van der Waals surface area contributed by atoms with Crippen LogP contribution < -0.4 is 10.6 Å². The van der Waals surface area contributed by atoms with E-state index in [0.717, 1.165) is 32.1 Å². The van der Waals surface area contributed by atoms with Gasteiger partial charge in [0.25, 0.3) is 0 Å². The average molecular weight is 258 g/mol. The lowest BCUT2D eigenvalue weighted by molar-refractivity contribution is -0.125. The van der Waals surface area contributed by atoms with Crippen LogP contribution in [0.3, 0.4) is 0 Å². The SMILES string of the molecule is CCCCCC(=O)NCCCCNC(=O)COC. The van der Waals surface area contributed by atoms with Crippen LogP contribution in [0, 0.1) is 0 Å².